The predicted octanol–water partition coefficient (Wildman–Crippen LogP) is 0.977. The number of para-hydroxylation sites is 1. The van der Waals surface area contributed by atoms with Crippen LogP contribution < -0.4 is 15.8 Å². The van der Waals surface area contributed by atoms with E-state index in [9.17, 15) is 4.79 Å². The molecule has 1 heterocycles. The zero-order chi connectivity index (χ0) is 13.0. The van der Waals surface area contributed by atoms with E-state index < -0.39 is 6.04 Å². The van der Waals surface area contributed by atoms with E-state index in [1.165, 1.54) is 0 Å². The Hall–Kier alpha value is -1.99. The van der Waals surface area contributed by atoms with Gasteiger partial charge in [-0.2, -0.15) is 0 Å². The summed E-state index contributed by atoms with van der Waals surface area (Å²) in [5, 5.41) is 2.92. The van der Waals surface area contributed by atoms with E-state index in [0.29, 0.717) is 6.61 Å². The van der Waals surface area contributed by atoms with Crippen molar-refractivity contribution in [2.75, 3.05) is 6.61 Å². The first-order valence-corrected chi connectivity index (χ1v) is 5.93. The number of fused-ring (bicyclic) bond motifs is 1. The summed E-state index contributed by atoms with van der Waals surface area (Å²) >= 11 is 0. The lowest BCUT2D eigenvalue weighted by Gasteiger charge is -2.27. The van der Waals surface area contributed by atoms with Gasteiger partial charge in [-0.1, -0.05) is 18.2 Å². The summed E-state index contributed by atoms with van der Waals surface area (Å²) in [6, 6.07) is 6.98. The Morgan fingerprint density at radius 3 is 3.17 bits per heavy atom. The molecule has 2 unspecified atom stereocenters. The quantitative estimate of drug-likeness (QED) is 0.779. The van der Waals surface area contributed by atoms with E-state index in [1.54, 1.807) is 0 Å². The van der Waals surface area contributed by atoms with Crippen LogP contribution in [0.3, 0.4) is 0 Å². The van der Waals surface area contributed by atoms with E-state index in [-0.39, 0.29) is 18.4 Å². The summed E-state index contributed by atoms with van der Waals surface area (Å²) in [5.74, 6) is 3.00. The van der Waals surface area contributed by atoms with Crippen molar-refractivity contribution < 1.29 is 9.53 Å². The van der Waals surface area contributed by atoms with Crippen LogP contribution in [-0.4, -0.2) is 18.6 Å². The number of carbonyl (C=O) groups excluding carboxylic acids is 1. The Balaban J connectivity index is 2.08. The van der Waals surface area contributed by atoms with Crippen LogP contribution in [0.4, 0.5) is 0 Å². The smallest absolute Gasteiger partial charge is 0.238 e. The summed E-state index contributed by atoms with van der Waals surface area (Å²) in [6.07, 6.45) is 6.14. The third kappa shape index (κ3) is 2.63. The van der Waals surface area contributed by atoms with Gasteiger partial charge in [-0.3, -0.25) is 4.79 Å². The molecular formula is C14H16N2O2. The lowest BCUT2D eigenvalue weighted by atomic mass is 10.00. The monoisotopic (exact) mass is 244 g/mol. The molecule has 2 rings (SSSR count). The number of ether oxygens (including phenoxy) is 1. The summed E-state index contributed by atoms with van der Waals surface area (Å²) in [4.78, 5) is 11.8. The molecule has 1 amide bonds. The Labute approximate surface area is 107 Å². The van der Waals surface area contributed by atoms with Crippen LogP contribution >= 0.6 is 0 Å². The van der Waals surface area contributed by atoms with Gasteiger partial charge >= 0.3 is 0 Å². The maximum Gasteiger partial charge on any atom is 0.238 e. The zero-order valence-corrected chi connectivity index (χ0v) is 10.1. The summed E-state index contributed by atoms with van der Waals surface area (Å²) in [5.41, 5.74) is 6.67. The Kier molecular flexibility index (Phi) is 3.85. The van der Waals surface area contributed by atoms with Crippen LogP contribution in [0.1, 0.15) is 24.4 Å². The van der Waals surface area contributed by atoms with Crippen LogP contribution in [0, 0.1) is 12.3 Å². The van der Waals surface area contributed by atoms with Gasteiger partial charge in [0, 0.05) is 18.4 Å². The molecule has 0 fully saturated rings. The second kappa shape index (κ2) is 5.56. The number of hydrogen-bond acceptors (Lipinski definition) is 3. The lowest BCUT2D eigenvalue weighted by molar-refractivity contribution is -0.123. The number of nitrogens with two attached hydrogens (primary N) is 1. The molecule has 2 atom stereocenters. The SMILES string of the molecule is C#CCC(N)C(=O)NC1CCOc2ccccc21. The first-order valence-electron chi connectivity index (χ1n) is 5.93. The molecule has 4 nitrogen and oxygen atoms in total. The Bertz CT molecular complexity index is 479. The molecular weight excluding hydrogens is 228 g/mol. The van der Waals surface area contributed by atoms with Crippen LogP contribution in [-0.2, 0) is 4.79 Å². The lowest BCUT2D eigenvalue weighted by Crippen LogP contribution is -2.43. The number of nitrogens with one attached hydrogen (secondary N) is 1. The van der Waals surface area contributed by atoms with Crippen LogP contribution in [0.2, 0.25) is 0 Å². The van der Waals surface area contributed by atoms with Gasteiger partial charge in [-0.15, -0.1) is 12.3 Å². The fraction of sp³-hybridized carbons (Fsp3) is 0.357. The van der Waals surface area contributed by atoms with Gasteiger partial charge in [-0.05, 0) is 6.07 Å². The molecule has 18 heavy (non-hydrogen) atoms. The van der Waals surface area contributed by atoms with E-state index in [2.05, 4.69) is 11.2 Å². The second-order valence-corrected chi connectivity index (χ2v) is 4.25. The molecule has 0 aliphatic carbocycles. The molecule has 0 aromatic heterocycles. The van der Waals surface area contributed by atoms with Crippen molar-refractivity contribution in [1.29, 1.82) is 0 Å². The van der Waals surface area contributed by atoms with E-state index in [4.69, 9.17) is 16.9 Å². The van der Waals surface area contributed by atoms with Gasteiger partial charge < -0.3 is 15.8 Å². The number of amides is 1. The van der Waals surface area contributed by atoms with Crippen molar-refractivity contribution >= 4 is 5.91 Å². The summed E-state index contributed by atoms with van der Waals surface area (Å²) < 4.78 is 5.53. The van der Waals surface area contributed by atoms with Crippen LogP contribution in [0.5, 0.6) is 5.75 Å². The van der Waals surface area contributed by atoms with Crippen LogP contribution in [0.25, 0.3) is 0 Å². The average molecular weight is 244 g/mol. The van der Waals surface area contributed by atoms with Gasteiger partial charge in [0.25, 0.3) is 0 Å². The largest absolute Gasteiger partial charge is 0.493 e. The molecule has 94 valence electrons. The molecule has 0 bridgehead atoms. The van der Waals surface area contributed by atoms with Crippen molar-refractivity contribution in [1.82, 2.24) is 5.32 Å². The highest BCUT2D eigenvalue weighted by Crippen LogP contribution is 2.31. The normalized spacial score (nSPS) is 19.0. The number of hydrogen-bond donors (Lipinski definition) is 2. The molecule has 0 saturated heterocycles. The highest BCUT2D eigenvalue weighted by molar-refractivity contribution is 5.82. The standard InChI is InChI=1S/C14H16N2O2/c1-2-5-11(15)14(17)16-12-8-9-18-13-7-4-3-6-10(12)13/h1,3-4,6-7,11-12H,5,8-9,15H2,(H,16,17). The molecule has 1 aliphatic heterocycles. The highest BCUT2D eigenvalue weighted by Gasteiger charge is 2.24. The summed E-state index contributed by atoms with van der Waals surface area (Å²) in [7, 11) is 0. The maximum atomic E-state index is 11.8. The minimum absolute atomic E-state index is 0.0497. The number of carbonyl (C=O) groups is 1. The number of benzene rings is 1. The number of rotatable bonds is 3. The minimum atomic E-state index is -0.648. The van der Waals surface area contributed by atoms with Crippen LogP contribution in [0.15, 0.2) is 24.3 Å². The molecule has 0 saturated carbocycles. The summed E-state index contributed by atoms with van der Waals surface area (Å²) in [6.45, 7) is 0.590. The molecule has 0 spiro atoms. The van der Waals surface area contributed by atoms with E-state index in [0.717, 1.165) is 17.7 Å². The maximum absolute atomic E-state index is 11.8. The van der Waals surface area contributed by atoms with Crippen molar-refractivity contribution in [3.8, 4) is 18.1 Å². The fourth-order valence-electron chi connectivity index (χ4n) is 1.99. The van der Waals surface area contributed by atoms with Gasteiger partial charge in [0.05, 0.1) is 18.7 Å². The van der Waals surface area contributed by atoms with Crippen molar-refractivity contribution in [2.45, 2.75) is 24.9 Å². The van der Waals surface area contributed by atoms with Gasteiger partial charge in [-0.25, -0.2) is 0 Å². The third-order valence-corrected chi connectivity index (χ3v) is 2.95. The predicted molar refractivity (Wildman–Crippen MR) is 68.9 cm³/mol. The minimum Gasteiger partial charge on any atom is -0.493 e. The second-order valence-electron chi connectivity index (χ2n) is 4.25. The van der Waals surface area contributed by atoms with Crippen molar-refractivity contribution in [3.05, 3.63) is 29.8 Å². The first-order chi connectivity index (χ1) is 8.72. The zero-order valence-electron chi connectivity index (χ0n) is 10.1. The van der Waals surface area contributed by atoms with Gasteiger partial charge in [0.2, 0.25) is 5.91 Å². The Morgan fingerprint density at radius 2 is 2.39 bits per heavy atom. The van der Waals surface area contributed by atoms with Gasteiger partial charge in [0.1, 0.15) is 5.75 Å². The Morgan fingerprint density at radius 1 is 1.61 bits per heavy atom. The third-order valence-electron chi connectivity index (χ3n) is 2.95. The molecule has 1 aromatic rings. The average Bonchev–Trinajstić information content (AvgIpc) is 2.39. The first kappa shape index (κ1) is 12.5. The van der Waals surface area contributed by atoms with Gasteiger partial charge in [0.15, 0.2) is 0 Å². The molecule has 1 aromatic carbocycles. The highest BCUT2D eigenvalue weighted by atomic mass is 16.5. The fourth-order valence-corrected chi connectivity index (χ4v) is 1.99. The topological polar surface area (TPSA) is 64.4 Å². The molecule has 3 N–H and O–H groups in total. The number of terminal acetylenes is 1. The van der Waals surface area contributed by atoms with E-state index >= 15 is 0 Å². The van der Waals surface area contributed by atoms with E-state index in [1.807, 2.05) is 24.3 Å². The van der Waals surface area contributed by atoms with Crippen molar-refractivity contribution in [3.63, 3.8) is 0 Å². The van der Waals surface area contributed by atoms with Crippen molar-refractivity contribution in [2.24, 2.45) is 5.73 Å². The molecule has 0 radical (unpaired) electrons. The molecule has 4 heteroatoms. The molecule has 1 aliphatic rings.